The van der Waals surface area contributed by atoms with Crippen LogP contribution in [0.3, 0.4) is 0 Å². The molecule has 116 valence electrons. The molecule has 1 saturated heterocycles. The molecule has 1 aliphatic rings. The molecule has 5 heteroatoms. The number of rotatable bonds is 4. The van der Waals surface area contributed by atoms with Crippen molar-refractivity contribution in [1.29, 1.82) is 0 Å². The van der Waals surface area contributed by atoms with Gasteiger partial charge >= 0.3 is 0 Å². The van der Waals surface area contributed by atoms with Crippen LogP contribution in [0.25, 0.3) is 0 Å². The maximum Gasteiger partial charge on any atom is 0.272 e. The summed E-state index contributed by atoms with van der Waals surface area (Å²) in [4.78, 5) is 20.7. The maximum atomic E-state index is 12.4. The Kier molecular flexibility index (Phi) is 5.17. The van der Waals surface area contributed by atoms with Crippen molar-refractivity contribution in [2.24, 2.45) is 11.7 Å². The lowest BCUT2D eigenvalue weighted by Gasteiger charge is -2.36. The molecule has 0 aromatic carbocycles. The molecule has 1 amide bonds. The molecule has 1 aromatic heterocycles. The Hall–Kier alpha value is -1.62. The number of carbonyl (C=O) groups excluding carboxylic acids is 1. The summed E-state index contributed by atoms with van der Waals surface area (Å²) < 4.78 is 0. The lowest BCUT2D eigenvalue weighted by molar-refractivity contribution is 0.0767. The third kappa shape index (κ3) is 3.73. The van der Waals surface area contributed by atoms with Crippen LogP contribution in [0.15, 0.2) is 18.3 Å². The van der Waals surface area contributed by atoms with E-state index in [1.807, 2.05) is 26.0 Å². The van der Waals surface area contributed by atoms with Crippen LogP contribution in [-0.2, 0) is 0 Å². The molecule has 2 heterocycles. The summed E-state index contributed by atoms with van der Waals surface area (Å²) in [7, 11) is 0. The first-order valence-corrected chi connectivity index (χ1v) is 7.81. The Morgan fingerprint density at radius 3 is 2.76 bits per heavy atom. The molecule has 2 atom stereocenters. The van der Waals surface area contributed by atoms with Crippen molar-refractivity contribution in [3.8, 4) is 0 Å². The summed E-state index contributed by atoms with van der Waals surface area (Å²) in [5.41, 5.74) is 7.67. The van der Waals surface area contributed by atoms with Gasteiger partial charge in [-0.15, -0.1) is 0 Å². The zero-order valence-electron chi connectivity index (χ0n) is 13.2. The Labute approximate surface area is 127 Å². The van der Waals surface area contributed by atoms with Crippen LogP contribution in [0.4, 0.5) is 5.69 Å². The van der Waals surface area contributed by atoms with Crippen molar-refractivity contribution in [3.63, 3.8) is 0 Å². The first kappa shape index (κ1) is 15.8. The number of pyridine rings is 1. The van der Waals surface area contributed by atoms with Crippen molar-refractivity contribution in [2.45, 2.75) is 33.2 Å². The maximum absolute atomic E-state index is 12.4. The van der Waals surface area contributed by atoms with Gasteiger partial charge < -0.3 is 15.5 Å². The van der Waals surface area contributed by atoms with Gasteiger partial charge in [0.15, 0.2) is 0 Å². The number of hydrogen-bond donors (Lipinski definition) is 1. The predicted molar refractivity (Wildman–Crippen MR) is 85.5 cm³/mol. The van der Waals surface area contributed by atoms with Crippen molar-refractivity contribution < 1.29 is 4.79 Å². The summed E-state index contributed by atoms with van der Waals surface area (Å²) in [5, 5.41) is 0. The lowest BCUT2D eigenvalue weighted by Crippen LogP contribution is -2.46. The van der Waals surface area contributed by atoms with Gasteiger partial charge in [-0.1, -0.05) is 6.92 Å². The SMILES string of the molecule is CCN(CC)C(=O)c1cc(N2CC(C)CC(N)C2)ccn1. The molecule has 21 heavy (non-hydrogen) atoms. The predicted octanol–water partition coefficient (Wildman–Crippen LogP) is 1.74. The molecule has 0 spiro atoms. The van der Waals surface area contributed by atoms with Gasteiger partial charge in [0.25, 0.3) is 5.91 Å². The minimum atomic E-state index is -0.00351. The fraction of sp³-hybridized carbons (Fsp3) is 0.625. The summed E-state index contributed by atoms with van der Waals surface area (Å²) in [5.74, 6) is 0.569. The summed E-state index contributed by atoms with van der Waals surface area (Å²) >= 11 is 0. The van der Waals surface area contributed by atoms with Gasteiger partial charge in [0, 0.05) is 44.1 Å². The monoisotopic (exact) mass is 290 g/mol. The number of carbonyl (C=O) groups is 1. The average Bonchev–Trinajstić information content (AvgIpc) is 2.47. The van der Waals surface area contributed by atoms with Crippen molar-refractivity contribution in [2.75, 3.05) is 31.1 Å². The van der Waals surface area contributed by atoms with E-state index in [4.69, 9.17) is 5.73 Å². The molecule has 5 nitrogen and oxygen atoms in total. The van der Waals surface area contributed by atoms with Gasteiger partial charge in [0.1, 0.15) is 5.69 Å². The zero-order valence-corrected chi connectivity index (χ0v) is 13.2. The fourth-order valence-electron chi connectivity index (χ4n) is 3.02. The van der Waals surface area contributed by atoms with Gasteiger partial charge in [0.2, 0.25) is 0 Å². The van der Waals surface area contributed by atoms with E-state index >= 15 is 0 Å². The van der Waals surface area contributed by atoms with Crippen molar-refractivity contribution in [1.82, 2.24) is 9.88 Å². The quantitative estimate of drug-likeness (QED) is 0.917. The van der Waals surface area contributed by atoms with Gasteiger partial charge in [-0.25, -0.2) is 0 Å². The average molecular weight is 290 g/mol. The highest BCUT2D eigenvalue weighted by Gasteiger charge is 2.23. The molecule has 0 saturated carbocycles. The fourth-order valence-corrected chi connectivity index (χ4v) is 3.02. The number of nitrogens with zero attached hydrogens (tertiary/aromatic N) is 3. The van der Waals surface area contributed by atoms with Gasteiger partial charge in [-0.2, -0.15) is 0 Å². The van der Waals surface area contributed by atoms with E-state index in [2.05, 4.69) is 16.8 Å². The van der Waals surface area contributed by atoms with Crippen LogP contribution < -0.4 is 10.6 Å². The second kappa shape index (κ2) is 6.89. The summed E-state index contributed by atoms with van der Waals surface area (Å²) in [6.45, 7) is 9.41. The van der Waals surface area contributed by atoms with Gasteiger partial charge in [0.05, 0.1) is 0 Å². The number of piperidine rings is 1. The zero-order chi connectivity index (χ0) is 15.4. The normalized spacial score (nSPS) is 22.2. The number of nitrogens with two attached hydrogens (primary N) is 1. The topological polar surface area (TPSA) is 62.5 Å². The Balaban J connectivity index is 2.19. The number of aromatic nitrogens is 1. The molecule has 1 aliphatic heterocycles. The van der Waals surface area contributed by atoms with Crippen molar-refractivity contribution in [3.05, 3.63) is 24.0 Å². The highest BCUT2D eigenvalue weighted by Crippen LogP contribution is 2.23. The Bertz CT molecular complexity index is 477. The van der Waals surface area contributed by atoms with Crippen LogP contribution in [-0.4, -0.2) is 48.0 Å². The highest BCUT2D eigenvalue weighted by atomic mass is 16.2. The summed E-state index contributed by atoms with van der Waals surface area (Å²) in [6.07, 6.45) is 2.78. The second-order valence-corrected chi connectivity index (χ2v) is 5.88. The molecule has 2 unspecified atom stereocenters. The van der Waals surface area contributed by atoms with Crippen LogP contribution in [0.2, 0.25) is 0 Å². The van der Waals surface area contributed by atoms with E-state index in [1.165, 1.54) is 0 Å². The Morgan fingerprint density at radius 2 is 2.14 bits per heavy atom. The van der Waals surface area contributed by atoms with Gasteiger partial charge in [-0.05, 0) is 38.3 Å². The van der Waals surface area contributed by atoms with Crippen LogP contribution in [0.5, 0.6) is 0 Å². The van der Waals surface area contributed by atoms with E-state index in [0.717, 1.165) is 25.2 Å². The van der Waals surface area contributed by atoms with Crippen molar-refractivity contribution >= 4 is 11.6 Å². The van der Waals surface area contributed by atoms with E-state index in [0.29, 0.717) is 24.7 Å². The molecule has 1 aromatic rings. The van der Waals surface area contributed by atoms with E-state index in [9.17, 15) is 4.79 Å². The van der Waals surface area contributed by atoms with Crippen LogP contribution in [0.1, 0.15) is 37.7 Å². The van der Waals surface area contributed by atoms with E-state index in [1.54, 1.807) is 11.1 Å². The molecule has 1 fully saturated rings. The van der Waals surface area contributed by atoms with Gasteiger partial charge in [-0.3, -0.25) is 9.78 Å². The first-order chi connectivity index (χ1) is 10.0. The minimum absolute atomic E-state index is 0.00351. The van der Waals surface area contributed by atoms with Crippen LogP contribution >= 0.6 is 0 Å². The van der Waals surface area contributed by atoms with E-state index < -0.39 is 0 Å². The number of hydrogen-bond acceptors (Lipinski definition) is 4. The standard InChI is InChI=1S/C16H26N4O/c1-4-19(5-2)16(21)15-9-14(6-7-18-15)20-10-12(3)8-13(17)11-20/h6-7,9,12-13H,4-5,8,10-11,17H2,1-3H3. The van der Waals surface area contributed by atoms with E-state index in [-0.39, 0.29) is 11.9 Å². The summed E-state index contributed by atoms with van der Waals surface area (Å²) in [6, 6.07) is 4.05. The molecular formula is C16H26N4O. The molecule has 0 bridgehead atoms. The largest absolute Gasteiger partial charge is 0.370 e. The molecule has 0 radical (unpaired) electrons. The molecule has 0 aliphatic carbocycles. The smallest absolute Gasteiger partial charge is 0.272 e. The molecular weight excluding hydrogens is 264 g/mol. The molecule has 2 N–H and O–H groups in total. The lowest BCUT2D eigenvalue weighted by atomic mass is 9.96. The first-order valence-electron chi connectivity index (χ1n) is 7.81. The highest BCUT2D eigenvalue weighted by molar-refractivity contribution is 5.93. The second-order valence-electron chi connectivity index (χ2n) is 5.88. The third-order valence-corrected chi connectivity index (χ3v) is 4.07. The Morgan fingerprint density at radius 1 is 1.43 bits per heavy atom. The number of anilines is 1. The molecule has 2 rings (SSSR count). The third-order valence-electron chi connectivity index (χ3n) is 4.07. The van der Waals surface area contributed by atoms with Crippen LogP contribution in [0, 0.1) is 5.92 Å². The minimum Gasteiger partial charge on any atom is -0.370 e. The number of amides is 1.